The Balaban J connectivity index is 1.81. The summed E-state index contributed by atoms with van der Waals surface area (Å²) in [6.45, 7) is 5.03. The van der Waals surface area contributed by atoms with E-state index in [0.717, 1.165) is 19.5 Å². The first kappa shape index (κ1) is 11.1. The molecule has 0 spiro atoms. The minimum atomic E-state index is -0.156. The van der Waals surface area contributed by atoms with Crippen LogP contribution in [0.1, 0.15) is 30.3 Å². The van der Waals surface area contributed by atoms with Crippen LogP contribution in [0.25, 0.3) is 0 Å². The second kappa shape index (κ2) is 5.07. The minimum absolute atomic E-state index is 0.156. The van der Waals surface area contributed by atoms with Crippen molar-refractivity contribution in [3.05, 3.63) is 11.9 Å². The summed E-state index contributed by atoms with van der Waals surface area (Å²) < 4.78 is 0. The number of hydrogen-bond donors (Lipinski definition) is 2. The van der Waals surface area contributed by atoms with Crippen molar-refractivity contribution in [1.29, 1.82) is 0 Å². The Kier molecular flexibility index (Phi) is 3.51. The predicted octanol–water partition coefficient (Wildman–Crippen LogP) is 0.0188. The Morgan fingerprint density at radius 1 is 1.75 bits per heavy atom. The van der Waals surface area contributed by atoms with E-state index in [1.807, 2.05) is 0 Å². The van der Waals surface area contributed by atoms with E-state index in [2.05, 4.69) is 32.6 Å². The molecule has 1 aromatic rings. The smallest absolute Gasteiger partial charge is 0.273 e. The van der Waals surface area contributed by atoms with Crippen LogP contribution >= 0.6 is 0 Å². The molecule has 1 atom stereocenters. The topological polar surface area (TPSA) is 73.9 Å². The van der Waals surface area contributed by atoms with E-state index in [-0.39, 0.29) is 5.91 Å². The molecule has 1 aromatic heterocycles. The molecule has 2 heterocycles. The average Bonchev–Trinajstić information content (AvgIpc) is 2.96. The Labute approximate surface area is 94.4 Å². The standard InChI is InChI=1S/C10H17N5O/c1-2-15-5-3-4-8(15)6-11-10(16)9-7-12-14-13-9/h7-8H,2-6H2,1H3,(H,11,16)(H,12,13,14)/t8-/m1/s1. The maximum atomic E-state index is 11.6. The number of nitrogens with one attached hydrogen (secondary N) is 2. The molecule has 1 saturated heterocycles. The zero-order valence-electron chi connectivity index (χ0n) is 9.44. The first-order valence-corrected chi connectivity index (χ1v) is 5.69. The second-order valence-electron chi connectivity index (χ2n) is 3.99. The summed E-state index contributed by atoms with van der Waals surface area (Å²) in [5.74, 6) is -0.156. The van der Waals surface area contributed by atoms with Crippen LogP contribution in [-0.2, 0) is 0 Å². The number of aromatic nitrogens is 3. The predicted molar refractivity (Wildman–Crippen MR) is 59.0 cm³/mol. The van der Waals surface area contributed by atoms with E-state index < -0.39 is 0 Å². The van der Waals surface area contributed by atoms with E-state index in [9.17, 15) is 4.79 Å². The highest BCUT2D eigenvalue weighted by atomic mass is 16.2. The Hall–Kier alpha value is -1.43. The highest BCUT2D eigenvalue weighted by Crippen LogP contribution is 2.15. The molecule has 0 saturated carbocycles. The van der Waals surface area contributed by atoms with Crippen molar-refractivity contribution in [3.8, 4) is 0 Å². The van der Waals surface area contributed by atoms with E-state index in [1.54, 1.807) is 0 Å². The molecular formula is C10H17N5O. The first-order chi connectivity index (χ1) is 7.81. The number of likely N-dealkylation sites (N-methyl/N-ethyl adjacent to an activating group) is 1. The molecule has 0 bridgehead atoms. The SMILES string of the molecule is CCN1CCC[C@@H]1CNC(=O)c1cn[nH]n1. The molecule has 88 valence electrons. The van der Waals surface area contributed by atoms with Crippen LogP contribution in [0, 0.1) is 0 Å². The van der Waals surface area contributed by atoms with Gasteiger partial charge in [0.2, 0.25) is 0 Å². The largest absolute Gasteiger partial charge is 0.349 e. The molecule has 16 heavy (non-hydrogen) atoms. The number of likely N-dealkylation sites (tertiary alicyclic amines) is 1. The summed E-state index contributed by atoms with van der Waals surface area (Å²) in [7, 11) is 0. The van der Waals surface area contributed by atoms with Crippen molar-refractivity contribution in [1.82, 2.24) is 25.6 Å². The molecule has 1 fully saturated rings. The lowest BCUT2D eigenvalue weighted by Gasteiger charge is -2.22. The number of amides is 1. The lowest BCUT2D eigenvalue weighted by molar-refractivity contribution is 0.0936. The maximum absolute atomic E-state index is 11.6. The molecule has 2 rings (SSSR count). The average molecular weight is 223 g/mol. The summed E-state index contributed by atoms with van der Waals surface area (Å²) in [5.41, 5.74) is 0.348. The summed E-state index contributed by atoms with van der Waals surface area (Å²) >= 11 is 0. The zero-order chi connectivity index (χ0) is 11.4. The molecule has 0 aromatic carbocycles. The number of hydrogen-bond acceptors (Lipinski definition) is 4. The van der Waals surface area contributed by atoms with Crippen molar-refractivity contribution in [2.24, 2.45) is 0 Å². The van der Waals surface area contributed by atoms with Crippen LogP contribution in [0.3, 0.4) is 0 Å². The molecule has 0 radical (unpaired) electrons. The van der Waals surface area contributed by atoms with Crippen molar-refractivity contribution in [3.63, 3.8) is 0 Å². The summed E-state index contributed by atoms with van der Waals surface area (Å²) in [5, 5.41) is 12.7. The van der Waals surface area contributed by atoms with Gasteiger partial charge in [0.15, 0.2) is 5.69 Å². The number of nitrogens with zero attached hydrogens (tertiary/aromatic N) is 3. The molecule has 2 N–H and O–H groups in total. The normalized spacial score (nSPS) is 21.2. The number of H-pyrrole nitrogens is 1. The van der Waals surface area contributed by atoms with Crippen molar-refractivity contribution < 1.29 is 4.79 Å². The van der Waals surface area contributed by atoms with Gasteiger partial charge in [0, 0.05) is 12.6 Å². The summed E-state index contributed by atoms with van der Waals surface area (Å²) in [4.78, 5) is 14.0. The first-order valence-electron chi connectivity index (χ1n) is 5.69. The fraction of sp³-hybridized carbons (Fsp3) is 0.700. The molecule has 1 aliphatic rings. The Morgan fingerprint density at radius 2 is 2.62 bits per heavy atom. The number of rotatable bonds is 4. The fourth-order valence-corrected chi connectivity index (χ4v) is 2.15. The fourth-order valence-electron chi connectivity index (χ4n) is 2.15. The van der Waals surface area contributed by atoms with Gasteiger partial charge < -0.3 is 5.32 Å². The molecule has 6 nitrogen and oxygen atoms in total. The third-order valence-corrected chi connectivity index (χ3v) is 3.05. The van der Waals surface area contributed by atoms with E-state index in [0.29, 0.717) is 18.3 Å². The molecule has 6 heteroatoms. The van der Waals surface area contributed by atoms with Crippen LogP contribution in [0.5, 0.6) is 0 Å². The van der Waals surface area contributed by atoms with Gasteiger partial charge in [-0.1, -0.05) is 6.92 Å². The molecule has 1 amide bonds. The highest BCUT2D eigenvalue weighted by molar-refractivity contribution is 5.91. The van der Waals surface area contributed by atoms with Gasteiger partial charge in [-0.05, 0) is 25.9 Å². The molecule has 0 aliphatic carbocycles. The van der Waals surface area contributed by atoms with Gasteiger partial charge in [-0.25, -0.2) is 0 Å². The van der Waals surface area contributed by atoms with Crippen LogP contribution in [0.4, 0.5) is 0 Å². The van der Waals surface area contributed by atoms with Crippen LogP contribution in [-0.4, -0.2) is 51.9 Å². The molecule has 1 aliphatic heterocycles. The Morgan fingerprint density at radius 3 is 3.31 bits per heavy atom. The van der Waals surface area contributed by atoms with Crippen LogP contribution in [0.2, 0.25) is 0 Å². The number of carbonyl (C=O) groups excluding carboxylic acids is 1. The number of carbonyl (C=O) groups is 1. The van der Waals surface area contributed by atoms with Gasteiger partial charge in [-0.3, -0.25) is 9.69 Å². The third-order valence-electron chi connectivity index (χ3n) is 3.05. The quantitative estimate of drug-likeness (QED) is 0.754. The van der Waals surface area contributed by atoms with Gasteiger partial charge in [-0.2, -0.15) is 15.4 Å². The van der Waals surface area contributed by atoms with Gasteiger partial charge in [-0.15, -0.1) is 0 Å². The van der Waals surface area contributed by atoms with E-state index >= 15 is 0 Å². The summed E-state index contributed by atoms with van der Waals surface area (Å²) in [6.07, 6.45) is 3.81. The Bertz CT molecular complexity index is 337. The van der Waals surface area contributed by atoms with Gasteiger partial charge in [0.25, 0.3) is 5.91 Å². The number of aromatic amines is 1. The minimum Gasteiger partial charge on any atom is -0.349 e. The van der Waals surface area contributed by atoms with Gasteiger partial charge >= 0.3 is 0 Å². The van der Waals surface area contributed by atoms with Crippen LogP contribution < -0.4 is 5.32 Å². The van der Waals surface area contributed by atoms with Crippen molar-refractivity contribution in [2.45, 2.75) is 25.8 Å². The van der Waals surface area contributed by atoms with E-state index in [1.165, 1.54) is 12.6 Å². The second-order valence-corrected chi connectivity index (χ2v) is 3.99. The van der Waals surface area contributed by atoms with Crippen LogP contribution in [0.15, 0.2) is 6.20 Å². The van der Waals surface area contributed by atoms with E-state index in [4.69, 9.17) is 0 Å². The lowest BCUT2D eigenvalue weighted by atomic mass is 10.2. The molecular weight excluding hydrogens is 206 g/mol. The van der Waals surface area contributed by atoms with Gasteiger partial charge in [0.05, 0.1) is 6.20 Å². The van der Waals surface area contributed by atoms with Gasteiger partial charge in [0.1, 0.15) is 0 Å². The van der Waals surface area contributed by atoms with Crippen molar-refractivity contribution >= 4 is 5.91 Å². The monoisotopic (exact) mass is 223 g/mol. The van der Waals surface area contributed by atoms with Crippen molar-refractivity contribution in [2.75, 3.05) is 19.6 Å². The zero-order valence-corrected chi connectivity index (χ0v) is 9.44. The third kappa shape index (κ3) is 2.38. The lowest BCUT2D eigenvalue weighted by Crippen LogP contribution is -2.40. The molecule has 0 unspecified atom stereocenters. The maximum Gasteiger partial charge on any atom is 0.273 e. The summed E-state index contributed by atoms with van der Waals surface area (Å²) in [6, 6.07) is 0.473. The highest BCUT2D eigenvalue weighted by Gasteiger charge is 2.23.